The van der Waals surface area contributed by atoms with Crippen LogP contribution in [0.4, 0.5) is 0 Å². The summed E-state index contributed by atoms with van der Waals surface area (Å²) in [5.74, 6) is 0.289. The highest BCUT2D eigenvalue weighted by molar-refractivity contribution is 7.18. The van der Waals surface area contributed by atoms with E-state index in [-0.39, 0.29) is 11.3 Å². The summed E-state index contributed by atoms with van der Waals surface area (Å²) in [5.41, 5.74) is 1.15. The van der Waals surface area contributed by atoms with Gasteiger partial charge < -0.3 is 4.90 Å². The van der Waals surface area contributed by atoms with Gasteiger partial charge in [0.1, 0.15) is 5.01 Å². The van der Waals surface area contributed by atoms with Gasteiger partial charge in [0.15, 0.2) is 0 Å². The van der Waals surface area contributed by atoms with Gasteiger partial charge >= 0.3 is 0 Å². The molecule has 1 amide bonds. The molecule has 0 bridgehead atoms. The van der Waals surface area contributed by atoms with E-state index >= 15 is 0 Å². The number of carbonyl (C=O) groups is 1. The Morgan fingerprint density at radius 1 is 1.17 bits per heavy atom. The second-order valence-electron chi connectivity index (χ2n) is 7.47. The van der Waals surface area contributed by atoms with E-state index in [0.717, 1.165) is 38.2 Å². The van der Waals surface area contributed by atoms with Crippen LogP contribution in [0.15, 0.2) is 24.3 Å². The number of fused-ring (bicyclic) bond motifs is 1. The lowest BCUT2D eigenvalue weighted by Crippen LogP contribution is -2.48. The maximum absolute atomic E-state index is 12.3. The Morgan fingerprint density at radius 3 is 2.52 bits per heavy atom. The van der Waals surface area contributed by atoms with Gasteiger partial charge in [-0.15, -0.1) is 11.3 Å². The summed E-state index contributed by atoms with van der Waals surface area (Å²) in [5, 5.41) is 1.17. The molecule has 1 aliphatic rings. The molecular formula is C18H25N3OS. The SMILES string of the molecule is CC(C)(C)CC(=O)N1CCN(Cc2nc3ccccc3s2)CC1. The fourth-order valence-electron chi connectivity index (χ4n) is 2.90. The quantitative estimate of drug-likeness (QED) is 0.865. The van der Waals surface area contributed by atoms with E-state index in [4.69, 9.17) is 4.98 Å². The predicted molar refractivity (Wildman–Crippen MR) is 95.5 cm³/mol. The van der Waals surface area contributed by atoms with Gasteiger partial charge in [0.25, 0.3) is 0 Å². The van der Waals surface area contributed by atoms with E-state index in [2.05, 4.69) is 43.9 Å². The average Bonchev–Trinajstić information content (AvgIpc) is 2.88. The Hall–Kier alpha value is -1.46. The van der Waals surface area contributed by atoms with Crippen LogP contribution in [0.5, 0.6) is 0 Å². The van der Waals surface area contributed by atoms with Crippen molar-refractivity contribution in [1.82, 2.24) is 14.8 Å². The van der Waals surface area contributed by atoms with Crippen LogP contribution in [0.3, 0.4) is 0 Å². The fourth-order valence-corrected chi connectivity index (χ4v) is 3.91. The second-order valence-corrected chi connectivity index (χ2v) is 8.58. The summed E-state index contributed by atoms with van der Waals surface area (Å²) in [6.07, 6.45) is 0.630. The van der Waals surface area contributed by atoms with Crippen molar-refractivity contribution in [3.63, 3.8) is 0 Å². The molecule has 1 aromatic heterocycles. The van der Waals surface area contributed by atoms with Crippen molar-refractivity contribution in [3.05, 3.63) is 29.3 Å². The first kappa shape index (κ1) is 16.4. The normalized spacial score (nSPS) is 16.9. The van der Waals surface area contributed by atoms with Crippen LogP contribution in [0, 0.1) is 5.41 Å². The number of hydrogen-bond acceptors (Lipinski definition) is 4. The van der Waals surface area contributed by atoms with Gasteiger partial charge in [0.2, 0.25) is 5.91 Å². The summed E-state index contributed by atoms with van der Waals surface area (Å²) in [7, 11) is 0. The Labute approximate surface area is 142 Å². The maximum Gasteiger partial charge on any atom is 0.223 e. The van der Waals surface area contributed by atoms with Crippen LogP contribution in [0.1, 0.15) is 32.2 Å². The number of amides is 1. The van der Waals surface area contributed by atoms with Crippen LogP contribution in [0.25, 0.3) is 10.2 Å². The molecule has 0 spiro atoms. The molecule has 2 heterocycles. The number of nitrogens with zero attached hydrogens (tertiary/aromatic N) is 3. The molecule has 1 saturated heterocycles. The van der Waals surface area contributed by atoms with Gasteiger partial charge in [-0.1, -0.05) is 32.9 Å². The molecular weight excluding hydrogens is 306 g/mol. The van der Waals surface area contributed by atoms with Crippen molar-refractivity contribution < 1.29 is 4.79 Å². The summed E-state index contributed by atoms with van der Waals surface area (Å²) in [6, 6.07) is 8.29. The highest BCUT2D eigenvalue weighted by atomic mass is 32.1. The molecule has 124 valence electrons. The number of carbonyl (C=O) groups excluding carboxylic acids is 1. The van der Waals surface area contributed by atoms with Gasteiger partial charge in [-0.3, -0.25) is 9.69 Å². The lowest BCUT2D eigenvalue weighted by atomic mass is 9.91. The minimum atomic E-state index is 0.0647. The molecule has 0 N–H and O–H groups in total. The first-order valence-electron chi connectivity index (χ1n) is 8.25. The Balaban J connectivity index is 1.54. The number of hydrogen-bond donors (Lipinski definition) is 0. The highest BCUT2D eigenvalue weighted by Crippen LogP contribution is 2.24. The van der Waals surface area contributed by atoms with Crippen molar-refractivity contribution >= 4 is 27.5 Å². The standard InChI is InChI=1S/C18H25N3OS/c1-18(2,3)12-17(22)21-10-8-20(9-11-21)13-16-19-14-6-4-5-7-15(14)23-16/h4-7H,8-13H2,1-3H3. The van der Waals surface area contributed by atoms with Crippen molar-refractivity contribution in [2.45, 2.75) is 33.7 Å². The number of thiazole rings is 1. The lowest BCUT2D eigenvalue weighted by molar-refractivity contribution is -0.134. The van der Waals surface area contributed by atoms with Crippen LogP contribution >= 0.6 is 11.3 Å². The Bertz CT molecular complexity index is 648. The number of rotatable bonds is 3. The van der Waals surface area contributed by atoms with Crippen molar-refractivity contribution in [1.29, 1.82) is 0 Å². The molecule has 3 rings (SSSR count). The van der Waals surface area contributed by atoms with Crippen LogP contribution < -0.4 is 0 Å². The minimum absolute atomic E-state index is 0.0647. The number of para-hydroxylation sites is 1. The zero-order valence-corrected chi connectivity index (χ0v) is 15.0. The molecule has 0 aliphatic carbocycles. The molecule has 1 aromatic carbocycles. The first-order valence-corrected chi connectivity index (χ1v) is 9.07. The molecule has 4 nitrogen and oxygen atoms in total. The van der Waals surface area contributed by atoms with E-state index in [1.807, 2.05) is 11.0 Å². The molecule has 23 heavy (non-hydrogen) atoms. The molecule has 5 heteroatoms. The third kappa shape index (κ3) is 4.30. The molecule has 0 radical (unpaired) electrons. The molecule has 0 saturated carbocycles. The smallest absolute Gasteiger partial charge is 0.223 e. The molecule has 1 fully saturated rings. The zero-order valence-electron chi connectivity index (χ0n) is 14.2. The average molecular weight is 331 g/mol. The second kappa shape index (κ2) is 6.57. The molecule has 2 aromatic rings. The zero-order chi connectivity index (χ0) is 16.4. The summed E-state index contributed by atoms with van der Waals surface area (Å²) >= 11 is 1.77. The van der Waals surface area contributed by atoms with E-state index < -0.39 is 0 Å². The summed E-state index contributed by atoms with van der Waals surface area (Å²) in [6.45, 7) is 10.8. The van der Waals surface area contributed by atoms with Crippen LogP contribution in [-0.2, 0) is 11.3 Å². The third-order valence-corrected chi connectivity index (χ3v) is 5.12. The molecule has 0 unspecified atom stereocenters. The predicted octanol–water partition coefficient (Wildman–Crippen LogP) is 3.38. The van der Waals surface area contributed by atoms with Gasteiger partial charge in [-0.05, 0) is 17.5 Å². The minimum Gasteiger partial charge on any atom is -0.340 e. The Morgan fingerprint density at radius 2 is 1.87 bits per heavy atom. The Kier molecular flexibility index (Phi) is 4.69. The summed E-state index contributed by atoms with van der Waals surface area (Å²) in [4.78, 5) is 21.4. The van der Waals surface area contributed by atoms with Crippen LogP contribution in [0.2, 0.25) is 0 Å². The van der Waals surface area contributed by atoms with Gasteiger partial charge in [-0.2, -0.15) is 0 Å². The maximum atomic E-state index is 12.3. The number of piperazine rings is 1. The van der Waals surface area contributed by atoms with Crippen molar-refractivity contribution in [3.8, 4) is 0 Å². The third-order valence-electron chi connectivity index (χ3n) is 4.10. The van der Waals surface area contributed by atoms with E-state index in [0.29, 0.717) is 6.42 Å². The van der Waals surface area contributed by atoms with Crippen LogP contribution in [-0.4, -0.2) is 46.9 Å². The van der Waals surface area contributed by atoms with Gasteiger partial charge in [0, 0.05) is 32.6 Å². The monoisotopic (exact) mass is 331 g/mol. The number of benzene rings is 1. The molecule has 1 aliphatic heterocycles. The van der Waals surface area contributed by atoms with Gasteiger partial charge in [-0.25, -0.2) is 4.98 Å². The van der Waals surface area contributed by atoms with E-state index in [9.17, 15) is 4.79 Å². The van der Waals surface area contributed by atoms with Crippen molar-refractivity contribution in [2.24, 2.45) is 5.41 Å². The van der Waals surface area contributed by atoms with Crippen molar-refractivity contribution in [2.75, 3.05) is 26.2 Å². The fraction of sp³-hybridized carbons (Fsp3) is 0.556. The highest BCUT2D eigenvalue weighted by Gasteiger charge is 2.25. The number of aromatic nitrogens is 1. The summed E-state index contributed by atoms with van der Waals surface area (Å²) < 4.78 is 1.25. The topological polar surface area (TPSA) is 36.4 Å². The lowest BCUT2D eigenvalue weighted by Gasteiger charge is -2.35. The van der Waals surface area contributed by atoms with E-state index in [1.165, 1.54) is 9.71 Å². The first-order chi connectivity index (χ1) is 10.9. The largest absolute Gasteiger partial charge is 0.340 e. The molecule has 0 atom stereocenters. The van der Waals surface area contributed by atoms with E-state index in [1.54, 1.807) is 11.3 Å². The van der Waals surface area contributed by atoms with Gasteiger partial charge in [0.05, 0.1) is 16.8 Å².